The van der Waals surface area contributed by atoms with Gasteiger partial charge in [0, 0.05) is 16.9 Å². The Balaban J connectivity index is 1.55. The molecule has 160 valence electrons. The van der Waals surface area contributed by atoms with Crippen LogP contribution in [0.2, 0.25) is 0 Å². The summed E-state index contributed by atoms with van der Waals surface area (Å²) < 4.78 is 0. The molecule has 0 saturated carbocycles. The van der Waals surface area contributed by atoms with Crippen LogP contribution in [-0.2, 0) is 4.79 Å². The average molecular weight is 472 g/mol. The standard InChI is InChI=1S/C21H21N5O2S3/c1-4-14(16(27)22-21-26-25-18(31-21)11(2)3)30-20-23-17(28)15-13(10-29-19(15)24-20)12-8-6-5-7-9-12/h5-11,14H,4H2,1-3H3,(H,22,26,27)(H,23,24,28). The Kier molecular flexibility index (Phi) is 6.49. The second-order valence-corrected chi connectivity index (χ2v) is 10.2. The Bertz CT molecular complexity index is 1260. The van der Waals surface area contributed by atoms with Gasteiger partial charge in [0.2, 0.25) is 11.0 Å². The van der Waals surface area contributed by atoms with Crippen molar-refractivity contribution in [3.63, 3.8) is 0 Å². The molecule has 1 aromatic carbocycles. The molecule has 0 saturated heterocycles. The number of aromatic amines is 1. The fourth-order valence-electron chi connectivity index (χ4n) is 2.98. The summed E-state index contributed by atoms with van der Waals surface area (Å²) in [4.78, 5) is 33.7. The summed E-state index contributed by atoms with van der Waals surface area (Å²) in [5.74, 6) is 0.0740. The molecule has 0 spiro atoms. The van der Waals surface area contributed by atoms with E-state index < -0.39 is 5.25 Å². The number of benzene rings is 1. The van der Waals surface area contributed by atoms with E-state index >= 15 is 0 Å². The number of carbonyl (C=O) groups excluding carboxylic acids is 1. The molecule has 1 amide bonds. The molecule has 0 bridgehead atoms. The minimum atomic E-state index is -0.416. The van der Waals surface area contributed by atoms with E-state index in [0.29, 0.717) is 26.9 Å². The topological polar surface area (TPSA) is 101 Å². The van der Waals surface area contributed by atoms with Crippen LogP contribution < -0.4 is 10.9 Å². The summed E-state index contributed by atoms with van der Waals surface area (Å²) in [5.41, 5.74) is 1.64. The van der Waals surface area contributed by atoms with E-state index in [1.807, 2.05) is 56.5 Å². The summed E-state index contributed by atoms with van der Waals surface area (Å²) in [6.07, 6.45) is 0.577. The van der Waals surface area contributed by atoms with Crippen molar-refractivity contribution in [3.05, 3.63) is 51.1 Å². The Morgan fingerprint density at radius 3 is 2.68 bits per heavy atom. The molecular formula is C21H21N5O2S3. The number of nitrogens with zero attached hydrogens (tertiary/aromatic N) is 3. The van der Waals surface area contributed by atoms with Gasteiger partial charge in [-0.15, -0.1) is 21.5 Å². The van der Waals surface area contributed by atoms with E-state index in [9.17, 15) is 9.59 Å². The van der Waals surface area contributed by atoms with Crippen LogP contribution >= 0.6 is 34.4 Å². The predicted molar refractivity (Wildman–Crippen MR) is 128 cm³/mol. The zero-order chi connectivity index (χ0) is 22.0. The molecule has 0 radical (unpaired) electrons. The van der Waals surface area contributed by atoms with Gasteiger partial charge >= 0.3 is 0 Å². The normalized spacial score (nSPS) is 12.4. The van der Waals surface area contributed by atoms with Crippen molar-refractivity contribution in [1.82, 2.24) is 20.2 Å². The van der Waals surface area contributed by atoms with E-state index in [0.717, 1.165) is 16.1 Å². The number of thioether (sulfide) groups is 1. The van der Waals surface area contributed by atoms with E-state index in [-0.39, 0.29) is 17.4 Å². The van der Waals surface area contributed by atoms with Crippen molar-refractivity contribution in [2.45, 2.75) is 43.5 Å². The number of hydrogen-bond acceptors (Lipinski definition) is 8. The largest absolute Gasteiger partial charge is 0.301 e. The maximum atomic E-state index is 12.8. The second kappa shape index (κ2) is 9.29. The van der Waals surface area contributed by atoms with E-state index in [4.69, 9.17) is 0 Å². The SMILES string of the molecule is CCC(Sc1nc2scc(-c3ccccc3)c2c(=O)[nH]1)C(=O)Nc1nnc(C(C)C)s1. The van der Waals surface area contributed by atoms with Crippen molar-refractivity contribution in [2.75, 3.05) is 5.32 Å². The predicted octanol–water partition coefficient (Wildman–Crippen LogP) is 5.14. The molecule has 4 aromatic rings. The lowest BCUT2D eigenvalue weighted by Gasteiger charge is -2.12. The molecule has 3 heterocycles. The van der Waals surface area contributed by atoms with Gasteiger partial charge in [-0.1, -0.05) is 74.2 Å². The highest BCUT2D eigenvalue weighted by Gasteiger charge is 2.22. The molecule has 2 N–H and O–H groups in total. The third kappa shape index (κ3) is 4.70. The Morgan fingerprint density at radius 2 is 2.00 bits per heavy atom. The molecule has 3 aromatic heterocycles. The van der Waals surface area contributed by atoms with Crippen molar-refractivity contribution in [3.8, 4) is 11.1 Å². The Labute approximate surface area is 191 Å². The number of carbonyl (C=O) groups is 1. The highest BCUT2D eigenvalue weighted by molar-refractivity contribution is 8.00. The minimum absolute atomic E-state index is 0.183. The first kappa shape index (κ1) is 21.7. The van der Waals surface area contributed by atoms with Gasteiger partial charge in [-0.05, 0) is 12.0 Å². The van der Waals surface area contributed by atoms with Gasteiger partial charge in [0.05, 0.1) is 10.6 Å². The number of H-pyrrole nitrogens is 1. The van der Waals surface area contributed by atoms with Crippen LogP contribution in [0, 0.1) is 0 Å². The number of fused-ring (bicyclic) bond motifs is 1. The summed E-state index contributed by atoms with van der Waals surface area (Å²) in [6, 6.07) is 9.77. The van der Waals surface area contributed by atoms with Crippen LogP contribution in [0.1, 0.15) is 38.1 Å². The fraction of sp³-hybridized carbons (Fsp3) is 0.286. The Morgan fingerprint density at radius 1 is 1.23 bits per heavy atom. The Hall–Kier alpha value is -2.56. The maximum Gasteiger partial charge on any atom is 0.260 e. The fourth-order valence-corrected chi connectivity index (χ4v) is 5.63. The molecule has 0 aliphatic rings. The lowest BCUT2D eigenvalue weighted by atomic mass is 10.1. The van der Waals surface area contributed by atoms with Crippen LogP contribution in [0.5, 0.6) is 0 Å². The molecule has 1 atom stereocenters. The zero-order valence-electron chi connectivity index (χ0n) is 17.2. The van der Waals surface area contributed by atoms with Crippen molar-refractivity contribution in [1.29, 1.82) is 0 Å². The molecule has 1 unspecified atom stereocenters. The number of nitrogens with one attached hydrogen (secondary N) is 2. The summed E-state index contributed by atoms with van der Waals surface area (Å²) in [6.45, 7) is 5.98. The maximum absolute atomic E-state index is 12.8. The van der Waals surface area contributed by atoms with Gasteiger partial charge in [-0.2, -0.15) is 0 Å². The molecule has 7 nitrogen and oxygen atoms in total. The van der Waals surface area contributed by atoms with Gasteiger partial charge in [0.25, 0.3) is 5.56 Å². The van der Waals surface area contributed by atoms with E-state index in [2.05, 4.69) is 25.5 Å². The van der Waals surface area contributed by atoms with Crippen LogP contribution in [0.4, 0.5) is 5.13 Å². The van der Waals surface area contributed by atoms with Gasteiger partial charge < -0.3 is 4.98 Å². The molecule has 4 rings (SSSR count). The summed E-state index contributed by atoms with van der Waals surface area (Å²) >= 11 is 4.05. The highest BCUT2D eigenvalue weighted by Crippen LogP contribution is 2.32. The summed E-state index contributed by atoms with van der Waals surface area (Å²) in [5, 5.41) is 14.9. The number of hydrogen-bond donors (Lipinski definition) is 2. The molecular weight excluding hydrogens is 450 g/mol. The van der Waals surface area contributed by atoms with E-state index in [1.165, 1.54) is 34.4 Å². The van der Waals surface area contributed by atoms with Gasteiger partial charge in [0.1, 0.15) is 9.84 Å². The molecule has 10 heteroatoms. The molecule has 0 aliphatic carbocycles. The number of anilines is 1. The average Bonchev–Trinajstić information content (AvgIpc) is 3.40. The third-order valence-electron chi connectivity index (χ3n) is 4.59. The van der Waals surface area contributed by atoms with Crippen molar-refractivity contribution in [2.24, 2.45) is 0 Å². The van der Waals surface area contributed by atoms with Crippen molar-refractivity contribution < 1.29 is 4.79 Å². The van der Waals surface area contributed by atoms with Crippen molar-refractivity contribution >= 4 is 55.7 Å². The number of rotatable bonds is 7. The first-order valence-electron chi connectivity index (χ1n) is 9.84. The lowest BCUT2D eigenvalue weighted by molar-refractivity contribution is -0.115. The number of amides is 1. The molecule has 0 fully saturated rings. The van der Waals surface area contributed by atoms with Crippen LogP contribution in [0.3, 0.4) is 0 Å². The van der Waals surface area contributed by atoms with Crippen LogP contribution in [0.15, 0.2) is 45.7 Å². The number of aromatic nitrogens is 4. The third-order valence-corrected chi connectivity index (χ3v) is 7.85. The first-order valence-corrected chi connectivity index (χ1v) is 12.4. The summed E-state index contributed by atoms with van der Waals surface area (Å²) in [7, 11) is 0. The number of thiophene rings is 1. The highest BCUT2D eigenvalue weighted by atomic mass is 32.2. The monoisotopic (exact) mass is 471 g/mol. The lowest BCUT2D eigenvalue weighted by Crippen LogP contribution is -2.25. The second-order valence-electron chi connectivity index (χ2n) is 7.17. The van der Waals surface area contributed by atoms with Crippen LogP contribution in [0.25, 0.3) is 21.3 Å². The van der Waals surface area contributed by atoms with Gasteiger partial charge in [-0.25, -0.2) is 4.98 Å². The van der Waals surface area contributed by atoms with Crippen LogP contribution in [-0.4, -0.2) is 31.3 Å². The van der Waals surface area contributed by atoms with E-state index in [1.54, 1.807) is 0 Å². The quantitative estimate of drug-likeness (QED) is 0.286. The first-order chi connectivity index (χ1) is 15.0. The molecule has 31 heavy (non-hydrogen) atoms. The van der Waals surface area contributed by atoms with Gasteiger partial charge in [-0.3, -0.25) is 14.9 Å². The zero-order valence-corrected chi connectivity index (χ0v) is 19.7. The minimum Gasteiger partial charge on any atom is -0.301 e. The van der Waals surface area contributed by atoms with Gasteiger partial charge in [0.15, 0.2) is 5.16 Å². The molecule has 0 aliphatic heterocycles. The smallest absolute Gasteiger partial charge is 0.260 e.